The maximum absolute atomic E-state index is 12.3. The summed E-state index contributed by atoms with van der Waals surface area (Å²) in [5.74, 6) is -0.175. The Balaban J connectivity index is 2.04. The van der Waals surface area contributed by atoms with Crippen LogP contribution in [-0.2, 0) is 14.6 Å². The second-order valence-electron chi connectivity index (χ2n) is 5.35. The Hall–Kier alpha value is -0.510. The van der Waals surface area contributed by atoms with Gasteiger partial charge < -0.3 is 20.1 Å². The van der Waals surface area contributed by atoms with Gasteiger partial charge in [0.15, 0.2) is 9.84 Å². The van der Waals surface area contributed by atoms with Crippen molar-refractivity contribution in [2.24, 2.45) is 0 Å². The van der Waals surface area contributed by atoms with Gasteiger partial charge in [0.1, 0.15) is 22.5 Å². The monoisotopic (exact) mass is 336 g/mol. The molecular weight excluding hydrogens is 316 g/mol. The van der Waals surface area contributed by atoms with Crippen LogP contribution in [0.15, 0.2) is 15.7 Å². The van der Waals surface area contributed by atoms with Gasteiger partial charge in [-0.1, -0.05) is 0 Å². The van der Waals surface area contributed by atoms with Gasteiger partial charge >= 0.3 is 0 Å². The first-order valence-electron chi connectivity index (χ1n) is 6.70. The lowest BCUT2D eigenvalue weighted by Crippen LogP contribution is -2.56. The zero-order valence-corrected chi connectivity index (χ0v) is 13.5. The Morgan fingerprint density at radius 1 is 1.24 bits per heavy atom. The van der Waals surface area contributed by atoms with E-state index in [0.717, 1.165) is 11.3 Å². The Bertz CT molecular complexity index is 581. The lowest BCUT2D eigenvalue weighted by Gasteiger charge is -2.39. The van der Waals surface area contributed by atoms with Crippen molar-refractivity contribution in [3.63, 3.8) is 0 Å². The maximum atomic E-state index is 12.3. The molecule has 8 heteroatoms. The lowest BCUT2D eigenvalue weighted by molar-refractivity contribution is -0.217. The molecule has 2 rings (SSSR count). The molecule has 0 saturated carbocycles. The number of ether oxygens (including phenoxy) is 1. The molecule has 5 atom stereocenters. The normalized spacial score (nSPS) is 34.0. The molecule has 1 aliphatic rings. The molecule has 0 radical (unpaired) electrons. The molecule has 3 N–H and O–H groups in total. The largest absolute Gasteiger partial charge is 0.388 e. The minimum Gasteiger partial charge on any atom is -0.388 e. The topological polar surface area (TPSA) is 104 Å². The standard InChI is InChI=1S/C13H20O6S2/c1-7-3-5-20-13(7)21(17,18)6-4-9-11(15)12(16)10(14)8(2)19-9/h3,5,8-12,14-16H,4,6H2,1-2H3/t8?,9-,10-,11?,12+/m1/s1. The first-order chi connectivity index (χ1) is 9.74. The number of sulfone groups is 1. The van der Waals surface area contributed by atoms with E-state index in [1.165, 1.54) is 0 Å². The number of hydrogen-bond acceptors (Lipinski definition) is 7. The molecule has 2 unspecified atom stereocenters. The van der Waals surface area contributed by atoms with Crippen molar-refractivity contribution in [1.29, 1.82) is 0 Å². The average molecular weight is 336 g/mol. The highest BCUT2D eigenvalue weighted by Crippen LogP contribution is 2.27. The van der Waals surface area contributed by atoms with Gasteiger partial charge in [-0.15, -0.1) is 11.3 Å². The highest BCUT2D eigenvalue weighted by Gasteiger charge is 2.41. The van der Waals surface area contributed by atoms with Crippen LogP contribution in [0.3, 0.4) is 0 Å². The zero-order valence-electron chi connectivity index (χ0n) is 11.8. The maximum Gasteiger partial charge on any atom is 0.188 e. The van der Waals surface area contributed by atoms with Crippen LogP contribution in [0.4, 0.5) is 0 Å². The van der Waals surface area contributed by atoms with Gasteiger partial charge in [0.2, 0.25) is 0 Å². The number of aliphatic hydroxyl groups excluding tert-OH is 3. The summed E-state index contributed by atoms with van der Waals surface area (Å²) in [5, 5.41) is 30.9. The van der Waals surface area contributed by atoms with Crippen LogP contribution in [0.5, 0.6) is 0 Å². The van der Waals surface area contributed by atoms with Gasteiger partial charge in [0.25, 0.3) is 0 Å². The Morgan fingerprint density at radius 3 is 2.48 bits per heavy atom. The van der Waals surface area contributed by atoms with Gasteiger partial charge in [0, 0.05) is 0 Å². The van der Waals surface area contributed by atoms with Gasteiger partial charge in [-0.3, -0.25) is 0 Å². The van der Waals surface area contributed by atoms with E-state index in [9.17, 15) is 23.7 Å². The van der Waals surface area contributed by atoms with Crippen LogP contribution in [0.25, 0.3) is 0 Å². The van der Waals surface area contributed by atoms with E-state index >= 15 is 0 Å². The average Bonchev–Trinajstić information content (AvgIpc) is 2.86. The van der Waals surface area contributed by atoms with Gasteiger partial charge in [-0.05, 0) is 37.3 Å². The molecule has 1 fully saturated rings. The summed E-state index contributed by atoms with van der Waals surface area (Å²) < 4.78 is 30.2. The van der Waals surface area contributed by atoms with E-state index in [1.54, 1.807) is 25.3 Å². The number of thiophene rings is 1. The van der Waals surface area contributed by atoms with Crippen molar-refractivity contribution in [3.8, 4) is 0 Å². The fraction of sp³-hybridized carbons (Fsp3) is 0.692. The predicted molar refractivity (Wildman–Crippen MR) is 78.1 cm³/mol. The first kappa shape index (κ1) is 16.9. The molecule has 6 nitrogen and oxygen atoms in total. The molecule has 0 aromatic carbocycles. The molecule has 1 aromatic heterocycles. The Kier molecular flexibility index (Phi) is 5.07. The van der Waals surface area contributed by atoms with Crippen molar-refractivity contribution in [1.82, 2.24) is 0 Å². The lowest BCUT2D eigenvalue weighted by atomic mass is 9.94. The summed E-state index contributed by atoms with van der Waals surface area (Å²) in [5.41, 5.74) is 0.703. The number of aliphatic hydroxyl groups is 3. The molecule has 2 heterocycles. The van der Waals surface area contributed by atoms with Crippen molar-refractivity contribution in [2.45, 2.75) is 55.0 Å². The molecule has 0 bridgehead atoms. The Labute approximate surface area is 127 Å². The van der Waals surface area contributed by atoms with E-state index in [1.807, 2.05) is 0 Å². The molecule has 1 saturated heterocycles. The van der Waals surface area contributed by atoms with E-state index in [2.05, 4.69) is 0 Å². The van der Waals surface area contributed by atoms with Crippen LogP contribution in [0, 0.1) is 6.92 Å². The van der Waals surface area contributed by atoms with Gasteiger partial charge in [-0.25, -0.2) is 8.42 Å². The summed E-state index contributed by atoms with van der Waals surface area (Å²) in [6, 6.07) is 1.74. The molecule has 1 aliphatic heterocycles. The predicted octanol–water partition coefficient (Wildman–Crippen LogP) is 0.0903. The van der Waals surface area contributed by atoms with Crippen LogP contribution in [0.1, 0.15) is 18.9 Å². The Morgan fingerprint density at radius 2 is 1.90 bits per heavy atom. The van der Waals surface area contributed by atoms with E-state index in [4.69, 9.17) is 4.74 Å². The first-order valence-corrected chi connectivity index (χ1v) is 9.23. The highest BCUT2D eigenvalue weighted by molar-refractivity contribution is 7.93. The van der Waals surface area contributed by atoms with Crippen LogP contribution >= 0.6 is 11.3 Å². The van der Waals surface area contributed by atoms with Gasteiger partial charge in [0.05, 0.1) is 18.0 Å². The summed E-state index contributed by atoms with van der Waals surface area (Å²) >= 11 is 1.16. The summed E-state index contributed by atoms with van der Waals surface area (Å²) in [6.07, 6.45) is -5.20. The second kappa shape index (κ2) is 6.31. The van der Waals surface area contributed by atoms with Crippen molar-refractivity contribution < 1.29 is 28.5 Å². The highest BCUT2D eigenvalue weighted by atomic mass is 32.2. The van der Waals surface area contributed by atoms with Crippen LogP contribution in [-0.4, -0.2) is 60.0 Å². The number of rotatable bonds is 4. The van der Waals surface area contributed by atoms with Gasteiger partial charge in [-0.2, -0.15) is 0 Å². The summed E-state index contributed by atoms with van der Waals surface area (Å²) in [6.45, 7) is 3.31. The quantitative estimate of drug-likeness (QED) is 0.720. The minimum atomic E-state index is -3.44. The molecule has 120 valence electrons. The van der Waals surface area contributed by atoms with E-state index in [0.29, 0.717) is 9.77 Å². The zero-order chi connectivity index (χ0) is 15.8. The van der Waals surface area contributed by atoms with E-state index < -0.39 is 40.4 Å². The molecule has 0 spiro atoms. The smallest absolute Gasteiger partial charge is 0.188 e. The number of hydrogen-bond donors (Lipinski definition) is 3. The van der Waals surface area contributed by atoms with Crippen LogP contribution < -0.4 is 0 Å². The molecule has 21 heavy (non-hydrogen) atoms. The van der Waals surface area contributed by atoms with Crippen molar-refractivity contribution in [3.05, 3.63) is 17.0 Å². The molecule has 1 aromatic rings. The third-order valence-corrected chi connectivity index (χ3v) is 7.24. The van der Waals surface area contributed by atoms with Crippen molar-refractivity contribution >= 4 is 21.2 Å². The number of aryl methyl sites for hydroxylation is 1. The second-order valence-corrected chi connectivity index (χ2v) is 8.57. The minimum absolute atomic E-state index is 0.0644. The third kappa shape index (κ3) is 3.46. The molecular formula is C13H20O6S2. The van der Waals surface area contributed by atoms with Crippen LogP contribution in [0.2, 0.25) is 0 Å². The fourth-order valence-corrected chi connectivity index (χ4v) is 5.36. The third-order valence-electron chi connectivity index (χ3n) is 3.72. The fourth-order valence-electron chi connectivity index (χ4n) is 2.42. The SMILES string of the molecule is Cc1ccsc1S(=O)(=O)CC[C@H]1OC(C)[C@@H](O)[C@H](O)C1O. The molecule has 0 aliphatic carbocycles. The van der Waals surface area contributed by atoms with Crippen molar-refractivity contribution in [2.75, 3.05) is 5.75 Å². The summed E-state index contributed by atoms with van der Waals surface area (Å²) in [4.78, 5) is 0. The molecule has 0 amide bonds. The summed E-state index contributed by atoms with van der Waals surface area (Å²) in [7, 11) is -3.44. The van der Waals surface area contributed by atoms with E-state index in [-0.39, 0.29) is 12.2 Å².